The van der Waals surface area contributed by atoms with Crippen LogP contribution in [0.2, 0.25) is 0 Å². The van der Waals surface area contributed by atoms with E-state index in [1.165, 1.54) is 19.3 Å². The Balaban J connectivity index is 1.54. The molecule has 1 aromatic heterocycles. The van der Waals surface area contributed by atoms with E-state index in [0.29, 0.717) is 18.0 Å². The maximum absolute atomic E-state index is 10.4. The number of ether oxygens (including phenoxy) is 2. The standard InChI is InChI=1S/C21H32N4O3/c1-24(14-18-8-9-22-23-18)13-17-6-7-20(27-2)21(12-17)28-16-19(26)15-25-10-4-3-5-11-25/h6-9,12,19,26H,3-5,10-11,13-16H2,1-2H3,(H,22,23)/t19-/m0/s1. The molecule has 7 heteroatoms. The third kappa shape index (κ3) is 6.22. The molecule has 0 spiro atoms. The average molecular weight is 389 g/mol. The summed E-state index contributed by atoms with van der Waals surface area (Å²) in [5, 5.41) is 17.3. The van der Waals surface area contributed by atoms with Crippen molar-refractivity contribution in [3.8, 4) is 11.5 Å². The molecular formula is C21H32N4O3. The van der Waals surface area contributed by atoms with Crippen molar-refractivity contribution in [2.24, 2.45) is 0 Å². The molecule has 0 saturated carbocycles. The van der Waals surface area contributed by atoms with E-state index in [0.717, 1.165) is 37.4 Å². The van der Waals surface area contributed by atoms with E-state index in [4.69, 9.17) is 9.47 Å². The van der Waals surface area contributed by atoms with Crippen LogP contribution in [0.3, 0.4) is 0 Å². The third-order valence-corrected chi connectivity index (χ3v) is 5.03. The molecule has 0 radical (unpaired) electrons. The number of piperidine rings is 1. The normalized spacial score (nSPS) is 16.3. The van der Waals surface area contributed by atoms with Crippen LogP contribution in [-0.4, -0.2) is 71.6 Å². The van der Waals surface area contributed by atoms with Gasteiger partial charge in [-0.3, -0.25) is 10.00 Å². The van der Waals surface area contributed by atoms with Gasteiger partial charge in [0.25, 0.3) is 0 Å². The number of aromatic nitrogens is 2. The fraction of sp³-hybridized carbons (Fsp3) is 0.571. The van der Waals surface area contributed by atoms with Gasteiger partial charge < -0.3 is 19.5 Å². The van der Waals surface area contributed by atoms with Crippen molar-refractivity contribution in [1.29, 1.82) is 0 Å². The van der Waals surface area contributed by atoms with E-state index in [1.54, 1.807) is 13.3 Å². The number of aliphatic hydroxyl groups excluding tert-OH is 1. The minimum Gasteiger partial charge on any atom is -0.493 e. The summed E-state index contributed by atoms with van der Waals surface area (Å²) in [7, 11) is 3.70. The monoisotopic (exact) mass is 388 g/mol. The Morgan fingerprint density at radius 2 is 2.00 bits per heavy atom. The summed E-state index contributed by atoms with van der Waals surface area (Å²) in [5.41, 5.74) is 2.21. The largest absolute Gasteiger partial charge is 0.493 e. The van der Waals surface area contributed by atoms with Gasteiger partial charge in [-0.15, -0.1) is 0 Å². The molecule has 0 amide bonds. The SMILES string of the molecule is COc1ccc(CN(C)Cc2ccn[nH]2)cc1OC[C@@H](O)CN1CCCCC1. The zero-order valence-electron chi connectivity index (χ0n) is 16.9. The molecule has 1 aliphatic rings. The predicted molar refractivity (Wildman–Crippen MR) is 109 cm³/mol. The summed E-state index contributed by atoms with van der Waals surface area (Å²) in [5.74, 6) is 1.36. The molecule has 1 saturated heterocycles. The molecule has 0 bridgehead atoms. The van der Waals surface area contributed by atoms with E-state index in [2.05, 4.69) is 27.0 Å². The van der Waals surface area contributed by atoms with Crippen LogP contribution in [0, 0.1) is 0 Å². The van der Waals surface area contributed by atoms with Crippen molar-refractivity contribution in [3.05, 3.63) is 41.7 Å². The van der Waals surface area contributed by atoms with Crippen LogP contribution in [-0.2, 0) is 13.1 Å². The number of methoxy groups -OCH3 is 1. The summed E-state index contributed by atoms with van der Waals surface area (Å²) in [4.78, 5) is 4.51. The van der Waals surface area contributed by atoms with Crippen molar-refractivity contribution in [2.45, 2.75) is 38.5 Å². The molecule has 2 N–H and O–H groups in total. The number of benzene rings is 1. The second kappa shape index (κ2) is 10.5. The van der Waals surface area contributed by atoms with E-state index in [9.17, 15) is 5.11 Å². The molecule has 3 rings (SSSR count). The number of aliphatic hydroxyl groups is 1. The number of hydrogen-bond acceptors (Lipinski definition) is 6. The van der Waals surface area contributed by atoms with Gasteiger partial charge in [-0.1, -0.05) is 12.5 Å². The van der Waals surface area contributed by atoms with Gasteiger partial charge in [-0.25, -0.2) is 0 Å². The van der Waals surface area contributed by atoms with Gasteiger partial charge in [-0.05, 0) is 56.7 Å². The number of nitrogens with zero attached hydrogens (tertiary/aromatic N) is 3. The van der Waals surface area contributed by atoms with Gasteiger partial charge >= 0.3 is 0 Å². The number of hydrogen-bond donors (Lipinski definition) is 2. The number of rotatable bonds is 10. The maximum Gasteiger partial charge on any atom is 0.161 e. The van der Waals surface area contributed by atoms with Crippen LogP contribution in [0.25, 0.3) is 0 Å². The van der Waals surface area contributed by atoms with Crippen molar-refractivity contribution >= 4 is 0 Å². The van der Waals surface area contributed by atoms with Crippen molar-refractivity contribution in [3.63, 3.8) is 0 Å². The lowest BCUT2D eigenvalue weighted by Crippen LogP contribution is -2.38. The molecule has 0 unspecified atom stereocenters. The first-order chi connectivity index (χ1) is 13.6. The summed E-state index contributed by atoms with van der Waals surface area (Å²) < 4.78 is 11.4. The molecule has 1 fully saturated rings. The first kappa shape index (κ1) is 20.6. The second-order valence-electron chi connectivity index (χ2n) is 7.57. The fourth-order valence-corrected chi connectivity index (χ4v) is 3.64. The Hall–Kier alpha value is -2.09. The Morgan fingerprint density at radius 1 is 1.18 bits per heavy atom. The topological polar surface area (TPSA) is 73.8 Å². The first-order valence-electron chi connectivity index (χ1n) is 10.0. The van der Waals surface area contributed by atoms with Crippen LogP contribution in [0.4, 0.5) is 0 Å². The highest BCUT2D eigenvalue weighted by molar-refractivity contribution is 5.43. The molecule has 0 aliphatic carbocycles. The molecule has 7 nitrogen and oxygen atoms in total. The third-order valence-electron chi connectivity index (χ3n) is 5.03. The number of aromatic amines is 1. The second-order valence-corrected chi connectivity index (χ2v) is 7.57. The van der Waals surface area contributed by atoms with Crippen LogP contribution >= 0.6 is 0 Å². The van der Waals surface area contributed by atoms with Crippen molar-refractivity contribution in [2.75, 3.05) is 40.4 Å². The summed E-state index contributed by atoms with van der Waals surface area (Å²) in [6, 6.07) is 7.93. The minimum atomic E-state index is -0.505. The molecule has 154 valence electrons. The summed E-state index contributed by atoms with van der Waals surface area (Å²) in [6.45, 7) is 4.62. The molecule has 1 atom stereocenters. The van der Waals surface area contributed by atoms with Gasteiger partial charge in [0, 0.05) is 31.5 Å². The molecule has 1 aromatic carbocycles. The van der Waals surface area contributed by atoms with Gasteiger partial charge in [0.2, 0.25) is 0 Å². The highest BCUT2D eigenvalue weighted by Crippen LogP contribution is 2.29. The predicted octanol–water partition coefficient (Wildman–Crippen LogP) is 2.28. The fourth-order valence-electron chi connectivity index (χ4n) is 3.64. The number of likely N-dealkylation sites (tertiary alicyclic amines) is 1. The van der Waals surface area contributed by atoms with E-state index in [-0.39, 0.29) is 6.61 Å². The Bertz CT molecular complexity index is 702. The van der Waals surface area contributed by atoms with Crippen LogP contribution in [0.15, 0.2) is 30.5 Å². The molecule has 1 aliphatic heterocycles. The lowest BCUT2D eigenvalue weighted by Gasteiger charge is -2.28. The Kier molecular flexibility index (Phi) is 7.71. The van der Waals surface area contributed by atoms with E-state index < -0.39 is 6.10 Å². The Morgan fingerprint density at radius 3 is 2.71 bits per heavy atom. The number of β-amino-alcohol motifs (C(OH)–C–C–N with tert-alkyl or cyclic N) is 1. The lowest BCUT2D eigenvalue weighted by atomic mass is 10.1. The summed E-state index contributed by atoms with van der Waals surface area (Å²) in [6.07, 6.45) is 4.99. The van der Waals surface area contributed by atoms with Crippen LogP contribution in [0.1, 0.15) is 30.5 Å². The van der Waals surface area contributed by atoms with Gasteiger partial charge in [0.05, 0.1) is 7.11 Å². The molecule has 2 heterocycles. The van der Waals surface area contributed by atoms with Gasteiger partial charge in [0.15, 0.2) is 11.5 Å². The lowest BCUT2D eigenvalue weighted by molar-refractivity contribution is 0.0608. The van der Waals surface area contributed by atoms with E-state index in [1.807, 2.05) is 24.3 Å². The zero-order valence-corrected chi connectivity index (χ0v) is 16.9. The van der Waals surface area contributed by atoms with Crippen LogP contribution in [0.5, 0.6) is 11.5 Å². The molecular weight excluding hydrogens is 356 g/mol. The Labute approximate surface area is 167 Å². The van der Waals surface area contributed by atoms with E-state index >= 15 is 0 Å². The van der Waals surface area contributed by atoms with Crippen molar-refractivity contribution < 1.29 is 14.6 Å². The molecule has 28 heavy (non-hydrogen) atoms. The minimum absolute atomic E-state index is 0.264. The number of nitrogens with one attached hydrogen (secondary N) is 1. The van der Waals surface area contributed by atoms with Crippen molar-refractivity contribution in [1.82, 2.24) is 20.0 Å². The zero-order chi connectivity index (χ0) is 19.8. The smallest absolute Gasteiger partial charge is 0.161 e. The highest BCUT2D eigenvalue weighted by Gasteiger charge is 2.16. The first-order valence-corrected chi connectivity index (χ1v) is 10.0. The van der Waals surface area contributed by atoms with Gasteiger partial charge in [0.1, 0.15) is 12.7 Å². The molecule has 2 aromatic rings. The average Bonchev–Trinajstić information content (AvgIpc) is 3.20. The summed E-state index contributed by atoms with van der Waals surface area (Å²) >= 11 is 0. The van der Waals surface area contributed by atoms with Gasteiger partial charge in [-0.2, -0.15) is 5.10 Å². The maximum atomic E-state index is 10.4. The quantitative estimate of drug-likeness (QED) is 0.651. The number of H-pyrrole nitrogens is 1. The van der Waals surface area contributed by atoms with Crippen LogP contribution < -0.4 is 9.47 Å². The highest BCUT2D eigenvalue weighted by atomic mass is 16.5.